The lowest BCUT2D eigenvalue weighted by atomic mass is 9.98. The Balaban J connectivity index is 1.56. The van der Waals surface area contributed by atoms with E-state index < -0.39 is 17.5 Å². The van der Waals surface area contributed by atoms with Crippen molar-refractivity contribution < 1.29 is 18.5 Å². The minimum absolute atomic E-state index is 0.191. The highest BCUT2D eigenvalue weighted by molar-refractivity contribution is 6.17. The van der Waals surface area contributed by atoms with Crippen LogP contribution in [0.5, 0.6) is 0 Å². The van der Waals surface area contributed by atoms with Crippen LogP contribution < -0.4 is 11.1 Å². The van der Waals surface area contributed by atoms with Crippen LogP contribution >= 0.6 is 0 Å². The summed E-state index contributed by atoms with van der Waals surface area (Å²) in [5.41, 5.74) is 1.77. The number of rotatable bonds is 5. The molecule has 8 heteroatoms. The lowest BCUT2D eigenvalue weighted by molar-refractivity contribution is 0.0996. The quantitative estimate of drug-likeness (QED) is 0.495. The summed E-state index contributed by atoms with van der Waals surface area (Å²) < 4.78 is 17.6. The molecule has 0 fully saturated rings. The van der Waals surface area contributed by atoms with Crippen LogP contribution in [0.1, 0.15) is 26.3 Å². The van der Waals surface area contributed by atoms with Gasteiger partial charge in [-0.05, 0) is 54.6 Å². The molecule has 1 heterocycles. The zero-order valence-electron chi connectivity index (χ0n) is 15.4. The van der Waals surface area contributed by atoms with Gasteiger partial charge in [0.15, 0.2) is 11.6 Å². The summed E-state index contributed by atoms with van der Waals surface area (Å²) in [5.74, 6) is -1.69. The highest BCUT2D eigenvalue weighted by atomic mass is 19.1. The average Bonchev–Trinajstić information content (AvgIpc) is 3.20. The third-order valence-electron chi connectivity index (χ3n) is 4.38. The molecule has 0 saturated heterocycles. The van der Waals surface area contributed by atoms with E-state index in [2.05, 4.69) is 20.0 Å². The number of nitrogens with one attached hydrogen (secondary N) is 2. The van der Waals surface area contributed by atoms with Crippen molar-refractivity contribution in [1.29, 1.82) is 0 Å². The first-order valence-electron chi connectivity index (χ1n) is 8.88. The summed E-state index contributed by atoms with van der Waals surface area (Å²) in [5, 5.41) is 6.33. The Morgan fingerprint density at radius 3 is 2.20 bits per heavy atom. The van der Waals surface area contributed by atoms with Crippen LogP contribution in [0.4, 0.5) is 10.1 Å². The number of carbonyl (C=O) groups excluding carboxylic acids is 2. The number of halogens is 1. The molecule has 0 aliphatic heterocycles. The van der Waals surface area contributed by atoms with Gasteiger partial charge >= 0.3 is 5.76 Å². The van der Waals surface area contributed by atoms with E-state index in [0.717, 1.165) is 0 Å². The van der Waals surface area contributed by atoms with E-state index in [1.807, 2.05) is 0 Å². The molecule has 4 aromatic rings. The van der Waals surface area contributed by atoms with Crippen molar-refractivity contribution in [3.63, 3.8) is 0 Å². The molecule has 0 spiro atoms. The SMILES string of the molecule is O=C(Nc1ccc(-c2noc(=O)[nH]2)cc1)c1ccccc1C(=O)c1ccc(F)cc1. The average molecular weight is 403 g/mol. The Labute approximate surface area is 169 Å². The van der Waals surface area contributed by atoms with E-state index >= 15 is 0 Å². The van der Waals surface area contributed by atoms with Gasteiger partial charge in [0.1, 0.15) is 5.82 Å². The molecule has 0 bridgehead atoms. The van der Waals surface area contributed by atoms with E-state index in [0.29, 0.717) is 11.3 Å². The topological polar surface area (TPSA) is 105 Å². The second kappa shape index (κ2) is 7.96. The van der Waals surface area contributed by atoms with Crippen molar-refractivity contribution in [1.82, 2.24) is 10.1 Å². The highest BCUT2D eigenvalue weighted by Gasteiger charge is 2.18. The van der Waals surface area contributed by atoms with Gasteiger partial charge in [0.05, 0.1) is 5.56 Å². The molecule has 3 aromatic carbocycles. The number of benzene rings is 3. The van der Waals surface area contributed by atoms with Gasteiger partial charge in [-0.15, -0.1) is 0 Å². The fourth-order valence-corrected chi connectivity index (χ4v) is 2.90. The number of hydrogen-bond donors (Lipinski definition) is 2. The van der Waals surface area contributed by atoms with E-state index in [1.165, 1.54) is 24.3 Å². The number of amides is 1. The lowest BCUT2D eigenvalue weighted by Gasteiger charge is -2.10. The zero-order chi connectivity index (χ0) is 21.1. The largest absolute Gasteiger partial charge is 0.439 e. The molecule has 0 aliphatic carbocycles. The predicted octanol–water partition coefficient (Wildman–Crippen LogP) is 3.65. The van der Waals surface area contributed by atoms with Gasteiger partial charge in [-0.3, -0.25) is 19.1 Å². The normalized spacial score (nSPS) is 10.6. The number of aromatic nitrogens is 2. The molecule has 4 rings (SSSR count). The van der Waals surface area contributed by atoms with Gasteiger partial charge in [-0.2, -0.15) is 0 Å². The van der Waals surface area contributed by atoms with Gasteiger partial charge in [0, 0.05) is 22.4 Å². The number of hydrogen-bond acceptors (Lipinski definition) is 5. The Bertz CT molecular complexity index is 1270. The smallest absolute Gasteiger partial charge is 0.322 e. The van der Waals surface area contributed by atoms with Crippen molar-refractivity contribution >= 4 is 17.4 Å². The van der Waals surface area contributed by atoms with Gasteiger partial charge in [-0.1, -0.05) is 23.4 Å². The predicted molar refractivity (Wildman–Crippen MR) is 107 cm³/mol. The van der Waals surface area contributed by atoms with Crippen molar-refractivity contribution in [3.8, 4) is 11.4 Å². The minimum Gasteiger partial charge on any atom is -0.322 e. The number of nitrogens with zero attached hydrogens (tertiary/aromatic N) is 1. The third kappa shape index (κ3) is 3.93. The van der Waals surface area contributed by atoms with Crippen molar-refractivity contribution in [3.05, 3.63) is 106 Å². The summed E-state index contributed by atoms with van der Waals surface area (Å²) in [6, 6.07) is 18.1. The molecule has 1 aromatic heterocycles. The summed E-state index contributed by atoms with van der Waals surface area (Å²) in [6.45, 7) is 0. The van der Waals surface area contributed by atoms with E-state index in [9.17, 15) is 18.8 Å². The molecule has 1 amide bonds. The van der Waals surface area contributed by atoms with E-state index in [1.54, 1.807) is 48.5 Å². The number of aromatic amines is 1. The summed E-state index contributed by atoms with van der Waals surface area (Å²) in [7, 11) is 0. The molecular formula is C22H14FN3O4. The molecule has 0 aliphatic rings. The van der Waals surface area contributed by atoms with Gasteiger partial charge in [-0.25, -0.2) is 9.18 Å². The Morgan fingerprint density at radius 1 is 0.900 bits per heavy atom. The number of anilines is 1. The maximum absolute atomic E-state index is 13.1. The van der Waals surface area contributed by atoms with Crippen LogP contribution in [-0.4, -0.2) is 21.8 Å². The standard InChI is InChI=1S/C22H14FN3O4/c23-15-9-5-13(6-10-15)19(27)17-3-1-2-4-18(17)21(28)24-16-11-7-14(8-12-16)20-25-22(29)30-26-20/h1-12H,(H,24,28)(H,25,26,29). The van der Waals surface area contributed by atoms with E-state index in [-0.39, 0.29) is 28.3 Å². The molecule has 0 saturated carbocycles. The summed E-state index contributed by atoms with van der Waals surface area (Å²) in [4.78, 5) is 39.1. The highest BCUT2D eigenvalue weighted by Crippen LogP contribution is 2.20. The van der Waals surface area contributed by atoms with Crippen LogP contribution in [0.15, 0.2) is 82.1 Å². The van der Waals surface area contributed by atoms with Crippen LogP contribution in [-0.2, 0) is 0 Å². The van der Waals surface area contributed by atoms with Gasteiger partial charge in [0.25, 0.3) is 5.91 Å². The maximum Gasteiger partial charge on any atom is 0.439 e. The molecule has 148 valence electrons. The molecule has 0 unspecified atom stereocenters. The molecule has 0 radical (unpaired) electrons. The number of H-pyrrole nitrogens is 1. The van der Waals surface area contributed by atoms with Crippen LogP contribution in [0.25, 0.3) is 11.4 Å². The number of ketones is 1. The second-order valence-corrected chi connectivity index (χ2v) is 6.36. The van der Waals surface area contributed by atoms with Gasteiger partial charge < -0.3 is 5.32 Å². The van der Waals surface area contributed by atoms with Crippen molar-refractivity contribution in [2.24, 2.45) is 0 Å². The third-order valence-corrected chi connectivity index (χ3v) is 4.38. The molecule has 2 N–H and O–H groups in total. The second-order valence-electron chi connectivity index (χ2n) is 6.36. The first-order chi connectivity index (χ1) is 14.5. The molecular weight excluding hydrogens is 389 g/mol. The first-order valence-corrected chi connectivity index (χ1v) is 8.88. The number of carbonyl (C=O) groups is 2. The summed E-state index contributed by atoms with van der Waals surface area (Å²) >= 11 is 0. The first kappa shape index (κ1) is 19.0. The van der Waals surface area contributed by atoms with Crippen molar-refractivity contribution in [2.45, 2.75) is 0 Å². The Kier molecular flexibility index (Phi) is 5.04. The lowest BCUT2D eigenvalue weighted by Crippen LogP contribution is -2.17. The van der Waals surface area contributed by atoms with Crippen LogP contribution in [0.3, 0.4) is 0 Å². The Hall–Kier alpha value is -4.33. The Morgan fingerprint density at radius 2 is 1.57 bits per heavy atom. The molecule has 30 heavy (non-hydrogen) atoms. The molecule has 0 atom stereocenters. The zero-order valence-corrected chi connectivity index (χ0v) is 15.4. The van der Waals surface area contributed by atoms with Crippen LogP contribution in [0, 0.1) is 5.82 Å². The summed E-state index contributed by atoms with van der Waals surface area (Å²) in [6.07, 6.45) is 0. The fourth-order valence-electron chi connectivity index (χ4n) is 2.90. The van der Waals surface area contributed by atoms with Gasteiger partial charge in [0.2, 0.25) is 0 Å². The fraction of sp³-hybridized carbons (Fsp3) is 0. The molecule has 7 nitrogen and oxygen atoms in total. The maximum atomic E-state index is 13.1. The monoisotopic (exact) mass is 403 g/mol. The minimum atomic E-state index is -0.662. The van der Waals surface area contributed by atoms with Crippen LogP contribution in [0.2, 0.25) is 0 Å². The van der Waals surface area contributed by atoms with Crippen molar-refractivity contribution in [2.75, 3.05) is 5.32 Å². The van der Waals surface area contributed by atoms with E-state index in [4.69, 9.17) is 0 Å².